The van der Waals surface area contributed by atoms with Crippen molar-refractivity contribution in [2.45, 2.75) is 38.0 Å². The number of unbranched alkanes of at least 4 members (excludes halogenated alkanes) is 1. The molecule has 0 aliphatic rings. The molecular weight excluding hydrogens is 334 g/mol. The van der Waals surface area contributed by atoms with Gasteiger partial charge in [-0.1, -0.05) is 24.0 Å². The molecule has 126 valence electrons. The number of pyridine rings is 1. The van der Waals surface area contributed by atoms with Crippen molar-refractivity contribution in [1.29, 1.82) is 0 Å². The van der Waals surface area contributed by atoms with E-state index in [1.54, 1.807) is 12.4 Å². The van der Waals surface area contributed by atoms with E-state index in [-0.39, 0.29) is 5.12 Å². The van der Waals surface area contributed by atoms with Crippen molar-refractivity contribution >= 4 is 40.1 Å². The largest absolute Gasteiger partial charge is 0.480 e. The lowest BCUT2D eigenvalue weighted by Gasteiger charge is -2.12. The number of nitrogens with two attached hydrogens (primary N) is 1. The van der Waals surface area contributed by atoms with Crippen molar-refractivity contribution in [2.75, 3.05) is 6.54 Å². The number of carboxylic acid groups (broad SMARTS) is 1. The molecule has 0 saturated heterocycles. The maximum atomic E-state index is 11.1. The van der Waals surface area contributed by atoms with Gasteiger partial charge in [-0.05, 0) is 30.9 Å². The molecule has 0 amide bonds. The zero-order valence-corrected chi connectivity index (χ0v) is 14.6. The maximum Gasteiger partial charge on any atom is 0.320 e. The molecule has 0 unspecified atom stereocenters. The van der Waals surface area contributed by atoms with Gasteiger partial charge in [0.1, 0.15) is 11.0 Å². The monoisotopic (exact) mass is 355 g/mol. The minimum atomic E-state index is -0.974. The summed E-state index contributed by atoms with van der Waals surface area (Å²) in [7, 11) is 0. The number of carboxylic acids is 1. The van der Waals surface area contributed by atoms with Crippen LogP contribution >= 0.6 is 24.0 Å². The predicted molar refractivity (Wildman–Crippen MR) is 95.4 cm³/mol. The maximum absolute atomic E-state index is 11.1. The first-order valence-corrected chi connectivity index (χ1v) is 8.64. The lowest BCUT2D eigenvalue weighted by molar-refractivity contribution is -0.138. The SMILES string of the molecule is CC(=O)SCc1cnccc1C(=S)NCCCC[C@@H](N)C(=O)O. The van der Waals surface area contributed by atoms with Crippen LogP contribution in [0.1, 0.15) is 37.3 Å². The highest BCUT2D eigenvalue weighted by molar-refractivity contribution is 8.12. The molecule has 8 heteroatoms. The topological polar surface area (TPSA) is 105 Å². The highest BCUT2D eigenvalue weighted by Gasteiger charge is 2.11. The average molecular weight is 355 g/mol. The van der Waals surface area contributed by atoms with Crippen LogP contribution in [0.15, 0.2) is 18.5 Å². The summed E-state index contributed by atoms with van der Waals surface area (Å²) in [6.07, 6.45) is 5.32. The van der Waals surface area contributed by atoms with E-state index in [0.717, 1.165) is 17.5 Å². The number of thioether (sulfide) groups is 1. The fourth-order valence-electron chi connectivity index (χ4n) is 1.85. The number of hydrogen-bond acceptors (Lipinski definition) is 6. The lowest BCUT2D eigenvalue weighted by Crippen LogP contribution is -2.30. The number of carbonyl (C=O) groups excluding carboxylic acids is 1. The molecule has 0 aliphatic heterocycles. The molecule has 1 atom stereocenters. The van der Waals surface area contributed by atoms with Crippen molar-refractivity contribution in [2.24, 2.45) is 5.73 Å². The average Bonchev–Trinajstić information content (AvgIpc) is 2.52. The Morgan fingerprint density at radius 2 is 2.22 bits per heavy atom. The van der Waals surface area contributed by atoms with Crippen LogP contribution in [0.2, 0.25) is 0 Å². The second-order valence-electron chi connectivity index (χ2n) is 5.01. The normalized spacial score (nSPS) is 11.7. The van der Waals surface area contributed by atoms with Gasteiger partial charge in [0.05, 0.1) is 0 Å². The summed E-state index contributed by atoms with van der Waals surface area (Å²) in [5, 5.41) is 11.9. The third kappa shape index (κ3) is 7.54. The first-order chi connectivity index (χ1) is 10.9. The first kappa shape index (κ1) is 19.5. The Labute approximate surface area is 145 Å². The Balaban J connectivity index is 2.43. The molecule has 0 radical (unpaired) electrons. The van der Waals surface area contributed by atoms with E-state index in [1.807, 2.05) is 6.07 Å². The minimum Gasteiger partial charge on any atom is -0.480 e. The summed E-state index contributed by atoms with van der Waals surface area (Å²) >= 11 is 6.60. The molecular formula is C15H21N3O3S2. The number of nitrogens with one attached hydrogen (secondary N) is 1. The molecule has 0 aliphatic carbocycles. The van der Waals surface area contributed by atoms with Crippen LogP contribution in [-0.2, 0) is 15.3 Å². The van der Waals surface area contributed by atoms with Gasteiger partial charge < -0.3 is 16.2 Å². The van der Waals surface area contributed by atoms with Crippen molar-refractivity contribution < 1.29 is 14.7 Å². The number of rotatable bonds is 9. The number of hydrogen-bond donors (Lipinski definition) is 3. The van der Waals surface area contributed by atoms with E-state index < -0.39 is 12.0 Å². The third-order valence-electron chi connectivity index (χ3n) is 3.12. The van der Waals surface area contributed by atoms with E-state index in [4.69, 9.17) is 23.1 Å². The van der Waals surface area contributed by atoms with Gasteiger partial charge in [0.15, 0.2) is 5.12 Å². The zero-order chi connectivity index (χ0) is 17.2. The molecule has 0 aromatic carbocycles. The predicted octanol–water partition coefficient (Wildman–Crippen LogP) is 1.71. The number of nitrogens with zero attached hydrogens (tertiary/aromatic N) is 1. The zero-order valence-electron chi connectivity index (χ0n) is 12.9. The van der Waals surface area contributed by atoms with Gasteiger partial charge in [0.25, 0.3) is 0 Å². The highest BCUT2D eigenvalue weighted by atomic mass is 32.2. The smallest absolute Gasteiger partial charge is 0.320 e. The second kappa shape index (κ2) is 10.3. The Hall–Kier alpha value is -1.51. The summed E-state index contributed by atoms with van der Waals surface area (Å²) in [5.74, 6) is -0.439. The molecule has 4 N–H and O–H groups in total. The van der Waals surface area contributed by atoms with Crippen molar-refractivity contribution in [3.8, 4) is 0 Å². The molecule has 1 aromatic heterocycles. The van der Waals surface area contributed by atoms with E-state index in [1.165, 1.54) is 18.7 Å². The van der Waals surface area contributed by atoms with Crippen LogP contribution in [0.5, 0.6) is 0 Å². The summed E-state index contributed by atoms with van der Waals surface area (Å²) in [5.41, 5.74) is 7.23. The van der Waals surface area contributed by atoms with E-state index in [2.05, 4.69) is 10.3 Å². The molecule has 1 heterocycles. The molecule has 0 bridgehead atoms. The quantitative estimate of drug-likeness (QED) is 0.454. The van der Waals surface area contributed by atoms with Gasteiger partial charge in [0, 0.05) is 37.2 Å². The molecule has 1 aromatic rings. The summed E-state index contributed by atoms with van der Waals surface area (Å²) < 4.78 is 0. The van der Waals surface area contributed by atoms with Crippen LogP contribution in [-0.4, -0.2) is 38.8 Å². The van der Waals surface area contributed by atoms with Crippen molar-refractivity contribution in [3.63, 3.8) is 0 Å². The fourth-order valence-corrected chi connectivity index (χ4v) is 2.74. The van der Waals surface area contributed by atoms with Crippen molar-refractivity contribution in [3.05, 3.63) is 29.6 Å². The number of carbonyl (C=O) groups is 2. The summed E-state index contributed by atoms with van der Waals surface area (Å²) in [6.45, 7) is 2.17. The standard InChI is InChI=1S/C15H21N3O3S2/c1-10(19)23-9-11-8-17-7-5-12(11)14(22)18-6-3-2-4-13(16)15(20)21/h5,7-8,13H,2-4,6,9,16H2,1H3,(H,18,22)(H,20,21)/t13-/m1/s1. The number of aromatic nitrogens is 1. The Bertz CT molecular complexity index is 567. The minimum absolute atomic E-state index is 0.0495. The van der Waals surface area contributed by atoms with Gasteiger partial charge in [-0.2, -0.15) is 0 Å². The second-order valence-corrected chi connectivity index (χ2v) is 6.57. The summed E-state index contributed by atoms with van der Waals surface area (Å²) in [6, 6.07) is 1.02. The molecule has 6 nitrogen and oxygen atoms in total. The van der Waals surface area contributed by atoms with Gasteiger partial charge in [0.2, 0.25) is 0 Å². The summed E-state index contributed by atoms with van der Waals surface area (Å²) in [4.78, 5) is 26.4. The van der Waals surface area contributed by atoms with Crippen LogP contribution in [0.3, 0.4) is 0 Å². The number of aliphatic carboxylic acids is 1. The van der Waals surface area contributed by atoms with Gasteiger partial charge in [-0.25, -0.2) is 0 Å². The van der Waals surface area contributed by atoms with E-state index in [0.29, 0.717) is 30.1 Å². The Morgan fingerprint density at radius 1 is 1.48 bits per heavy atom. The highest BCUT2D eigenvalue weighted by Crippen LogP contribution is 2.16. The Morgan fingerprint density at radius 3 is 2.87 bits per heavy atom. The Kier molecular flexibility index (Phi) is 8.75. The van der Waals surface area contributed by atoms with Crippen LogP contribution in [0.25, 0.3) is 0 Å². The lowest BCUT2D eigenvalue weighted by atomic mass is 10.1. The van der Waals surface area contributed by atoms with E-state index in [9.17, 15) is 9.59 Å². The van der Waals surface area contributed by atoms with Gasteiger partial charge >= 0.3 is 5.97 Å². The van der Waals surface area contributed by atoms with Crippen molar-refractivity contribution in [1.82, 2.24) is 10.3 Å². The third-order valence-corrected chi connectivity index (χ3v) is 4.35. The van der Waals surface area contributed by atoms with Crippen LogP contribution < -0.4 is 11.1 Å². The van der Waals surface area contributed by atoms with Crippen LogP contribution in [0, 0.1) is 0 Å². The van der Waals surface area contributed by atoms with Crippen LogP contribution in [0.4, 0.5) is 0 Å². The van der Waals surface area contributed by atoms with Gasteiger partial charge in [-0.3, -0.25) is 14.6 Å². The molecule has 1 rings (SSSR count). The molecule has 0 fully saturated rings. The number of thiocarbonyl (C=S) groups is 1. The van der Waals surface area contributed by atoms with E-state index >= 15 is 0 Å². The molecule has 0 saturated carbocycles. The first-order valence-electron chi connectivity index (χ1n) is 7.24. The molecule has 23 heavy (non-hydrogen) atoms. The van der Waals surface area contributed by atoms with Gasteiger partial charge in [-0.15, -0.1) is 0 Å². The fraction of sp³-hybridized carbons (Fsp3) is 0.467. The molecule has 0 spiro atoms.